The van der Waals surface area contributed by atoms with Crippen LogP contribution in [0.15, 0.2) is 0 Å². The fraction of sp³-hybridized carbons (Fsp3) is 1.00. The van der Waals surface area contributed by atoms with Gasteiger partial charge in [0, 0.05) is 0 Å². The minimum absolute atomic E-state index is 1.23. The van der Waals surface area contributed by atoms with Gasteiger partial charge in [-0.25, -0.2) is 0 Å². The molecule has 0 atom stereocenters. The molecule has 0 spiro atoms. The van der Waals surface area contributed by atoms with Crippen molar-refractivity contribution in [3.8, 4) is 0 Å². The van der Waals surface area contributed by atoms with Crippen LogP contribution >= 0.6 is 22.4 Å². The van der Waals surface area contributed by atoms with Gasteiger partial charge in [-0.05, 0) is 0 Å². The Morgan fingerprint density at radius 2 is 2.33 bits per heavy atom. The third kappa shape index (κ3) is 4.86. The number of rotatable bonds is 2. The van der Waals surface area contributed by atoms with E-state index in [0.29, 0.717) is 0 Å². The van der Waals surface area contributed by atoms with Crippen LogP contribution < -0.4 is 0 Å². The van der Waals surface area contributed by atoms with Crippen molar-refractivity contribution in [3.63, 3.8) is 0 Å². The number of hydrogen-bond donors (Lipinski definition) is 0. The molecule has 0 saturated heterocycles. The Kier molecular flexibility index (Phi) is 6.70. The predicted octanol–water partition coefficient (Wildman–Crippen LogP) is 1.49. The summed E-state index contributed by atoms with van der Waals surface area (Å²) in [5, 5.41) is 0. The number of halogens is 1. The van der Waals surface area contributed by atoms with Crippen LogP contribution in [0.1, 0.15) is 13.3 Å². The third-order valence-corrected chi connectivity index (χ3v) is 1.05. The van der Waals surface area contributed by atoms with Crippen molar-refractivity contribution in [2.45, 2.75) is 19.7 Å². The normalized spacial score (nSPS) is 7.67. The van der Waals surface area contributed by atoms with E-state index in [4.69, 9.17) is 0 Å². The fourth-order valence-electron chi connectivity index (χ4n) is 0.230. The van der Waals surface area contributed by atoms with Crippen molar-refractivity contribution in [1.82, 2.24) is 0 Å². The van der Waals surface area contributed by atoms with Gasteiger partial charge in [-0.1, -0.05) is 0 Å². The molecule has 0 heterocycles. The van der Waals surface area contributed by atoms with Crippen molar-refractivity contribution in [3.05, 3.63) is 0 Å². The van der Waals surface area contributed by atoms with E-state index >= 15 is 0 Å². The molecule has 0 N–H and O–H groups in total. The molecule has 0 aliphatic rings. The second-order valence-corrected chi connectivity index (χ2v) is 1.87. The zero-order valence-corrected chi connectivity index (χ0v) is 6.10. The summed E-state index contributed by atoms with van der Waals surface area (Å²) in [5.41, 5.74) is 0. The quantitative estimate of drug-likeness (QED) is 0.458. The SMILES string of the molecule is CCCB=BI. The van der Waals surface area contributed by atoms with Crippen molar-refractivity contribution in [2.75, 3.05) is 0 Å². The van der Waals surface area contributed by atoms with E-state index in [1.807, 2.05) is 0 Å². The minimum atomic E-state index is 1.23. The van der Waals surface area contributed by atoms with Gasteiger partial charge >= 0.3 is 53.5 Å². The summed E-state index contributed by atoms with van der Waals surface area (Å²) in [7, 11) is 0. The average molecular weight is 192 g/mol. The van der Waals surface area contributed by atoms with Gasteiger partial charge in [0.2, 0.25) is 0 Å². The van der Waals surface area contributed by atoms with Crippen LogP contribution in [0, 0.1) is 0 Å². The van der Waals surface area contributed by atoms with Crippen molar-refractivity contribution < 1.29 is 0 Å². The van der Waals surface area contributed by atoms with E-state index < -0.39 is 0 Å². The standard InChI is InChI=1S/C3H7B2I/c1-2-3-4-5-6/h2-3H2,1H3. The van der Waals surface area contributed by atoms with Gasteiger partial charge < -0.3 is 0 Å². The Morgan fingerprint density at radius 1 is 1.67 bits per heavy atom. The van der Waals surface area contributed by atoms with Crippen LogP contribution in [0.5, 0.6) is 0 Å². The molecule has 0 aromatic heterocycles. The molecular weight excluding hydrogens is 185 g/mol. The van der Waals surface area contributed by atoms with Crippen LogP contribution in [0.25, 0.3) is 0 Å². The first-order valence-corrected chi connectivity index (χ1v) is 3.41. The van der Waals surface area contributed by atoms with Gasteiger partial charge in [0.05, 0.1) is 0 Å². The molecule has 32 valence electrons. The molecule has 0 bridgehead atoms. The zero-order chi connectivity index (χ0) is 4.83. The van der Waals surface area contributed by atoms with Gasteiger partial charge in [0.15, 0.2) is 0 Å². The molecule has 0 rings (SSSR count). The summed E-state index contributed by atoms with van der Waals surface area (Å²) in [4.78, 5) is 0. The predicted molar refractivity (Wildman–Crippen MR) is 40.6 cm³/mol. The summed E-state index contributed by atoms with van der Waals surface area (Å²) in [6.45, 7) is 4.34. The van der Waals surface area contributed by atoms with Crippen molar-refractivity contribution in [1.29, 1.82) is 0 Å². The van der Waals surface area contributed by atoms with E-state index in [1.54, 1.807) is 0 Å². The molecule has 0 aliphatic heterocycles. The molecule has 0 fully saturated rings. The molecule has 0 unspecified atom stereocenters. The molecule has 0 aromatic carbocycles. The van der Waals surface area contributed by atoms with E-state index in [0.717, 1.165) is 0 Å². The van der Waals surface area contributed by atoms with Crippen molar-refractivity contribution in [2.24, 2.45) is 0 Å². The third-order valence-electron chi connectivity index (χ3n) is 0.544. The van der Waals surface area contributed by atoms with Gasteiger partial charge in [-0.15, -0.1) is 0 Å². The van der Waals surface area contributed by atoms with Gasteiger partial charge in [-0.3, -0.25) is 0 Å². The van der Waals surface area contributed by atoms with Gasteiger partial charge in [0.25, 0.3) is 0 Å². The van der Waals surface area contributed by atoms with Crippen LogP contribution in [0.3, 0.4) is 0 Å². The second kappa shape index (κ2) is 5.86. The van der Waals surface area contributed by atoms with Gasteiger partial charge in [-0.2, -0.15) is 0 Å². The monoisotopic (exact) mass is 192 g/mol. The first kappa shape index (κ1) is 6.86. The topological polar surface area (TPSA) is 0 Å². The Morgan fingerprint density at radius 3 is 2.50 bits per heavy atom. The summed E-state index contributed by atoms with van der Waals surface area (Å²) in [6.07, 6.45) is 2.49. The van der Waals surface area contributed by atoms with Crippen LogP contribution in [0.2, 0.25) is 6.32 Å². The Labute approximate surface area is 53.7 Å². The molecule has 0 saturated carbocycles. The molecule has 0 amide bonds. The fourth-order valence-corrected chi connectivity index (χ4v) is 0.589. The van der Waals surface area contributed by atoms with Crippen molar-refractivity contribution >= 4 is 33.8 Å². The van der Waals surface area contributed by atoms with E-state index in [9.17, 15) is 0 Å². The Bertz CT molecular complexity index is 44.1. The summed E-state index contributed by atoms with van der Waals surface area (Å²) < 4.78 is 2.06. The van der Waals surface area contributed by atoms with E-state index in [2.05, 4.69) is 40.8 Å². The van der Waals surface area contributed by atoms with E-state index in [-0.39, 0.29) is 0 Å². The molecular formula is C3H7B2I. The summed E-state index contributed by atoms with van der Waals surface area (Å²) >= 11 is 2.23. The molecule has 6 heavy (non-hydrogen) atoms. The molecule has 3 heteroatoms. The molecule has 0 aromatic rings. The summed E-state index contributed by atoms with van der Waals surface area (Å²) in [5.74, 6) is 0. The Hall–Kier alpha value is 0.860. The van der Waals surface area contributed by atoms with Crippen LogP contribution in [-0.4, -0.2) is 11.5 Å². The number of hydrogen-bond acceptors (Lipinski definition) is 0. The first-order valence-electron chi connectivity index (χ1n) is 2.17. The Balaban J connectivity index is 2.66. The first-order chi connectivity index (χ1) is 2.91. The van der Waals surface area contributed by atoms with Gasteiger partial charge in [0.1, 0.15) is 0 Å². The zero-order valence-electron chi connectivity index (χ0n) is 3.95. The second-order valence-electron chi connectivity index (χ2n) is 1.15. The maximum absolute atomic E-state index is 2.23. The summed E-state index contributed by atoms with van der Waals surface area (Å²) in [6, 6.07) is 0. The maximum atomic E-state index is 2.23. The van der Waals surface area contributed by atoms with Crippen LogP contribution in [0.4, 0.5) is 0 Å². The van der Waals surface area contributed by atoms with E-state index in [1.165, 1.54) is 12.7 Å². The average Bonchev–Trinajstić information content (AvgIpc) is 1.61. The molecule has 0 aliphatic carbocycles. The molecule has 0 nitrogen and oxygen atoms in total. The van der Waals surface area contributed by atoms with Crippen LogP contribution in [-0.2, 0) is 0 Å². The molecule has 0 radical (unpaired) electrons.